The molecule has 2 rings (SSSR count). The Morgan fingerprint density at radius 1 is 1.50 bits per heavy atom. The summed E-state index contributed by atoms with van der Waals surface area (Å²) in [7, 11) is 1.92. The van der Waals surface area contributed by atoms with Gasteiger partial charge in [0.15, 0.2) is 18.2 Å². The fraction of sp³-hybridized carbons (Fsp3) is 0.533. The molecule has 1 aliphatic heterocycles. The highest BCUT2D eigenvalue weighted by molar-refractivity contribution is 5.77. The topological polar surface area (TPSA) is 41.6 Å². The summed E-state index contributed by atoms with van der Waals surface area (Å²) in [6.07, 6.45) is 2.15. The molecule has 1 saturated heterocycles. The van der Waals surface area contributed by atoms with Crippen molar-refractivity contribution in [2.45, 2.75) is 12.8 Å². The Morgan fingerprint density at radius 2 is 2.30 bits per heavy atom. The monoisotopic (exact) mass is 280 g/mol. The molecular weight excluding hydrogens is 259 g/mol. The van der Waals surface area contributed by atoms with Crippen LogP contribution >= 0.6 is 0 Å². The summed E-state index contributed by atoms with van der Waals surface area (Å²) in [6.45, 7) is 2.32. The number of rotatable bonds is 5. The lowest BCUT2D eigenvalue weighted by Crippen LogP contribution is -2.44. The lowest BCUT2D eigenvalue weighted by atomic mass is 9.98. The van der Waals surface area contributed by atoms with Crippen molar-refractivity contribution in [1.29, 1.82) is 0 Å². The fourth-order valence-corrected chi connectivity index (χ4v) is 2.54. The lowest BCUT2D eigenvalue weighted by Gasteiger charge is -2.32. The van der Waals surface area contributed by atoms with Crippen molar-refractivity contribution in [2.24, 2.45) is 5.92 Å². The molecule has 0 aromatic heterocycles. The number of hydrogen-bond acceptors (Lipinski definition) is 3. The third-order valence-electron chi connectivity index (χ3n) is 3.55. The van der Waals surface area contributed by atoms with Gasteiger partial charge in [-0.25, -0.2) is 4.39 Å². The zero-order valence-electron chi connectivity index (χ0n) is 11.8. The average molecular weight is 280 g/mol. The zero-order valence-corrected chi connectivity index (χ0v) is 11.8. The predicted molar refractivity (Wildman–Crippen MR) is 75.1 cm³/mol. The van der Waals surface area contributed by atoms with E-state index in [2.05, 4.69) is 5.32 Å². The van der Waals surface area contributed by atoms with Crippen LogP contribution in [0.2, 0.25) is 0 Å². The number of likely N-dealkylation sites (tertiary alicyclic amines) is 1. The van der Waals surface area contributed by atoms with Gasteiger partial charge in [-0.1, -0.05) is 12.1 Å². The molecule has 20 heavy (non-hydrogen) atoms. The standard InChI is InChI=1S/C15H21FN2O2/c1-17-9-12-5-4-8-18(10-12)15(19)11-20-14-7-3-2-6-13(14)16/h2-3,6-7,12,17H,4-5,8-11H2,1H3. The summed E-state index contributed by atoms with van der Waals surface area (Å²) in [5.74, 6) is 0.108. The molecule has 1 aromatic rings. The third kappa shape index (κ3) is 3.93. The van der Waals surface area contributed by atoms with E-state index in [1.165, 1.54) is 12.1 Å². The number of piperidine rings is 1. The maximum atomic E-state index is 13.4. The van der Waals surface area contributed by atoms with Gasteiger partial charge in [0, 0.05) is 13.1 Å². The van der Waals surface area contributed by atoms with Crippen molar-refractivity contribution < 1.29 is 13.9 Å². The molecule has 0 aliphatic carbocycles. The number of amides is 1. The quantitative estimate of drug-likeness (QED) is 0.892. The molecule has 1 unspecified atom stereocenters. The van der Waals surface area contributed by atoms with E-state index in [1.54, 1.807) is 12.1 Å². The minimum atomic E-state index is -0.438. The van der Waals surface area contributed by atoms with E-state index in [9.17, 15) is 9.18 Å². The predicted octanol–water partition coefficient (Wildman–Crippen LogP) is 1.66. The summed E-state index contributed by atoms with van der Waals surface area (Å²) < 4.78 is 18.7. The fourth-order valence-electron chi connectivity index (χ4n) is 2.54. The van der Waals surface area contributed by atoms with E-state index >= 15 is 0 Å². The van der Waals surface area contributed by atoms with E-state index in [1.807, 2.05) is 11.9 Å². The van der Waals surface area contributed by atoms with E-state index in [0.717, 1.165) is 32.5 Å². The van der Waals surface area contributed by atoms with Crippen molar-refractivity contribution in [2.75, 3.05) is 33.3 Å². The van der Waals surface area contributed by atoms with E-state index in [0.29, 0.717) is 5.92 Å². The van der Waals surface area contributed by atoms with Crippen LogP contribution in [0.3, 0.4) is 0 Å². The van der Waals surface area contributed by atoms with Crippen LogP contribution in [0.1, 0.15) is 12.8 Å². The smallest absolute Gasteiger partial charge is 0.260 e. The zero-order chi connectivity index (χ0) is 14.4. The molecule has 1 atom stereocenters. The highest BCUT2D eigenvalue weighted by atomic mass is 19.1. The largest absolute Gasteiger partial charge is 0.481 e. The van der Waals surface area contributed by atoms with Crippen molar-refractivity contribution in [3.8, 4) is 5.75 Å². The number of carbonyl (C=O) groups excluding carboxylic acids is 1. The van der Waals surface area contributed by atoms with Gasteiger partial charge in [-0.2, -0.15) is 0 Å². The molecule has 1 fully saturated rings. The minimum Gasteiger partial charge on any atom is -0.481 e. The Morgan fingerprint density at radius 3 is 3.05 bits per heavy atom. The van der Waals surface area contributed by atoms with Gasteiger partial charge in [0.1, 0.15) is 0 Å². The number of carbonyl (C=O) groups is 1. The maximum Gasteiger partial charge on any atom is 0.260 e. The van der Waals surface area contributed by atoms with Gasteiger partial charge < -0.3 is 15.0 Å². The molecule has 5 heteroatoms. The van der Waals surface area contributed by atoms with Gasteiger partial charge in [-0.05, 0) is 44.5 Å². The molecule has 0 spiro atoms. The summed E-state index contributed by atoms with van der Waals surface area (Å²) in [5, 5.41) is 3.14. The molecule has 1 aromatic carbocycles. The van der Waals surface area contributed by atoms with Crippen LogP contribution in [0.25, 0.3) is 0 Å². The van der Waals surface area contributed by atoms with Crippen LogP contribution in [-0.2, 0) is 4.79 Å². The molecule has 1 aliphatic rings. The number of para-hydroxylation sites is 1. The van der Waals surface area contributed by atoms with Crippen LogP contribution in [-0.4, -0.2) is 44.1 Å². The molecule has 0 bridgehead atoms. The summed E-state index contributed by atoms with van der Waals surface area (Å²) >= 11 is 0. The number of nitrogens with one attached hydrogen (secondary N) is 1. The van der Waals surface area contributed by atoms with Crippen LogP contribution in [0.4, 0.5) is 4.39 Å². The van der Waals surface area contributed by atoms with Crippen LogP contribution in [0, 0.1) is 11.7 Å². The number of benzene rings is 1. The van der Waals surface area contributed by atoms with Gasteiger partial charge >= 0.3 is 0 Å². The van der Waals surface area contributed by atoms with Crippen molar-refractivity contribution in [3.05, 3.63) is 30.1 Å². The summed E-state index contributed by atoms with van der Waals surface area (Å²) in [6, 6.07) is 6.13. The number of halogens is 1. The summed E-state index contributed by atoms with van der Waals surface area (Å²) in [5.41, 5.74) is 0. The number of hydrogen-bond donors (Lipinski definition) is 1. The highest BCUT2D eigenvalue weighted by Crippen LogP contribution is 2.18. The lowest BCUT2D eigenvalue weighted by molar-refractivity contribution is -0.135. The molecule has 4 nitrogen and oxygen atoms in total. The van der Waals surface area contributed by atoms with Gasteiger partial charge in [0.2, 0.25) is 0 Å². The van der Waals surface area contributed by atoms with Crippen LogP contribution in [0.15, 0.2) is 24.3 Å². The second-order valence-corrected chi connectivity index (χ2v) is 5.12. The van der Waals surface area contributed by atoms with Crippen molar-refractivity contribution in [3.63, 3.8) is 0 Å². The number of ether oxygens (including phenoxy) is 1. The first kappa shape index (κ1) is 14.8. The second kappa shape index (κ2) is 7.24. The van der Waals surface area contributed by atoms with Crippen LogP contribution < -0.4 is 10.1 Å². The second-order valence-electron chi connectivity index (χ2n) is 5.12. The SMILES string of the molecule is CNCC1CCCN(C(=O)COc2ccccc2F)C1. The van der Waals surface area contributed by atoms with Crippen molar-refractivity contribution >= 4 is 5.91 Å². The molecular formula is C15H21FN2O2. The van der Waals surface area contributed by atoms with Gasteiger partial charge in [0.05, 0.1) is 0 Å². The van der Waals surface area contributed by atoms with E-state index < -0.39 is 5.82 Å². The first-order chi connectivity index (χ1) is 9.70. The van der Waals surface area contributed by atoms with Crippen LogP contribution in [0.5, 0.6) is 5.75 Å². The summed E-state index contributed by atoms with van der Waals surface area (Å²) in [4.78, 5) is 13.9. The van der Waals surface area contributed by atoms with Gasteiger partial charge in [0.25, 0.3) is 5.91 Å². The van der Waals surface area contributed by atoms with Gasteiger partial charge in [-0.15, -0.1) is 0 Å². The van der Waals surface area contributed by atoms with Crippen molar-refractivity contribution in [1.82, 2.24) is 10.2 Å². The molecule has 1 heterocycles. The molecule has 1 N–H and O–H groups in total. The maximum absolute atomic E-state index is 13.4. The molecule has 0 saturated carbocycles. The normalized spacial score (nSPS) is 18.9. The number of nitrogens with zero attached hydrogens (tertiary/aromatic N) is 1. The Kier molecular flexibility index (Phi) is 5.35. The first-order valence-corrected chi connectivity index (χ1v) is 7.00. The molecule has 110 valence electrons. The Hall–Kier alpha value is -1.62. The highest BCUT2D eigenvalue weighted by Gasteiger charge is 2.23. The minimum absolute atomic E-state index is 0.0749. The Balaban J connectivity index is 1.84. The van der Waals surface area contributed by atoms with E-state index in [4.69, 9.17) is 4.74 Å². The molecule has 0 radical (unpaired) electrons. The average Bonchev–Trinajstić information content (AvgIpc) is 2.47. The Bertz CT molecular complexity index is 451. The first-order valence-electron chi connectivity index (χ1n) is 7.00. The molecule has 1 amide bonds. The van der Waals surface area contributed by atoms with Gasteiger partial charge in [-0.3, -0.25) is 4.79 Å². The third-order valence-corrected chi connectivity index (χ3v) is 3.55. The van der Waals surface area contributed by atoms with E-state index in [-0.39, 0.29) is 18.3 Å². The Labute approximate surface area is 118 Å².